The third-order valence-electron chi connectivity index (χ3n) is 6.10. The fourth-order valence-electron chi connectivity index (χ4n) is 5.37. The van der Waals surface area contributed by atoms with Gasteiger partial charge in [0.1, 0.15) is 0 Å². The molecule has 2 bridgehead atoms. The standard InChI is InChI=1S/C16H25N3/c1-10-12(9-19(2)18-10)8-17-16-7-11-6-15(16)14-5-3-4-13(11)14/h9,11,13-17H,3-8H2,1-2H3. The molecule has 3 aliphatic carbocycles. The number of aryl methyl sites for hydroxylation is 2. The quantitative estimate of drug-likeness (QED) is 0.904. The van der Waals surface area contributed by atoms with Gasteiger partial charge in [-0.15, -0.1) is 0 Å². The molecule has 1 aromatic rings. The molecule has 1 heterocycles. The van der Waals surface area contributed by atoms with Gasteiger partial charge < -0.3 is 5.32 Å². The maximum absolute atomic E-state index is 4.43. The Labute approximate surface area is 115 Å². The van der Waals surface area contributed by atoms with Crippen molar-refractivity contribution in [3.8, 4) is 0 Å². The number of nitrogens with one attached hydrogen (secondary N) is 1. The predicted octanol–water partition coefficient (Wildman–Crippen LogP) is 2.64. The molecule has 19 heavy (non-hydrogen) atoms. The Morgan fingerprint density at radius 1 is 1.26 bits per heavy atom. The first kappa shape index (κ1) is 12.0. The van der Waals surface area contributed by atoms with Gasteiger partial charge in [-0.05, 0) is 56.3 Å². The van der Waals surface area contributed by atoms with Crippen molar-refractivity contribution in [2.24, 2.45) is 30.7 Å². The van der Waals surface area contributed by atoms with Crippen LogP contribution in [0.1, 0.15) is 43.4 Å². The topological polar surface area (TPSA) is 29.9 Å². The highest BCUT2D eigenvalue weighted by Crippen LogP contribution is 2.58. The second-order valence-electron chi connectivity index (χ2n) is 7.05. The molecule has 5 atom stereocenters. The summed E-state index contributed by atoms with van der Waals surface area (Å²) in [6, 6.07) is 0.781. The van der Waals surface area contributed by atoms with Crippen molar-refractivity contribution in [2.45, 2.75) is 51.6 Å². The summed E-state index contributed by atoms with van der Waals surface area (Å²) in [5.74, 6) is 4.19. The van der Waals surface area contributed by atoms with Gasteiger partial charge in [0.2, 0.25) is 0 Å². The summed E-state index contributed by atoms with van der Waals surface area (Å²) in [5.41, 5.74) is 2.55. The molecule has 3 heteroatoms. The zero-order valence-electron chi connectivity index (χ0n) is 12.1. The van der Waals surface area contributed by atoms with Crippen LogP contribution in [0.15, 0.2) is 6.20 Å². The largest absolute Gasteiger partial charge is 0.310 e. The Balaban J connectivity index is 1.41. The number of nitrogens with zero attached hydrogens (tertiary/aromatic N) is 2. The Morgan fingerprint density at radius 3 is 2.89 bits per heavy atom. The summed E-state index contributed by atoms with van der Waals surface area (Å²) in [5, 5.41) is 8.28. The van der Waals surface area contributed by atoms with E-state index in [4.69, 9.17) is 0 Å². The molecule has 1 aromatic heterocycles. The Hall–Kier alpha value is -0.830. The molecule has 3 fully saturated rings. The van der Waals surface area contributed by atoms with E-state index in [9.17, 15) is 0 Å². The third kappa shape index (κ3) is 1.85. The average molecular weight is 259 g/mol. The van der Waals surface area contributed by atoms with Gasteiger partial charge in [-0.1, -0.05) is 6.42 Å². The van der Waals surface area contributed by atoms with E-state index in [0.29, 0.717) is 0 Å². The number of fused-ring (bicyclic) bond motifs is 5. The number of hydrogen-bond acceptors (Lipinski definition) is 2. The molecule has 0 aromatic carbocycles. The summed E-state index contributed by atoms with van der Waals surface area (Å²) in [6.45, 7) is 3.12. The zero-order chi connectivity index (χ0) is 13.0. The van der Waals surface area contributed by atoms with Crippen LogP contribution in [0.25, 0.3) is 0 Å². The molecule has 104 valence electrons. The maximum atomic E-state index is 4.43. The molecule has 0 aliphatic heterocycles. The van der Waals surface area contributed by atoms with Gasteiger partial charge in [0.15, 0.2) is 0 Å². The van der Waals surface area contributed by atoms with Crippen LogP contribution in [-0.4, -0.2) is 15.8 Å². The van der Waals surface area contributed by atoms with Crippen molar-refractivity contribution >= 4 is 0 Å². The first-order valence-electron chi connectivity index (χ1n) is 7.95. The van der Waals surface area contributed by atoms with Crippen LogP contribution >= 0.6 is 0 Å². The molecule has 3 saturated carbocycles. The fourth-order valence-corrected chi connectivity index (χ4v) is 5.37. The summed E-state index contributed by atoms with van der Waals surface area (Å²) >= 11 is 0. The van der Waals surface area contributed by atoms with E-state index in [2.05, 4.69) is 23.5 Å². The van der Waals surface area contributed by atoms with Crippen LogP contribution in [0.4, 0.5) is 0 Å². The monoisotopic (exact) mass is 259 g/mol. The molecule has 3 aliphatic rings. The van der Waals surface area contributed by atoms with E-state index >= 15 is 0 Å². The van der Waals surface area contributed by atoms with Crippen LogP contribution in [0.5, 0.6) is 0 Å². The lowest BCUT2D eigenvalue weighted by Gasteiger charge is -2.32. The van der Waals surface area contributed by atoms with Crippen molar-refractivity contribution < 1.29 is 0 Å². The molecule has 0 amide bonds. The van der Waals surface area contributed by atoms with E-state index in [0.717, 1.165) is 36.3 Å². The molecule has 1 N–H and O–H groups in total. The van der Waals surface area contributed by atoms with Crippen LogP contribution in [0, 0.1) is 30.6 Å². The predicted molar refractivity (Wildman–Crippen MR) is 75.6 cm³/mol. The van der Waals surface area contributed by atoms with E-state index in [1.807, 2.05) is 11.7 Å². The minimum absolute atomic E-state index is 0.781. The van der Waals surface area contributed by atoms with E-state index in [-0.39, 0.29) is 0 Å². The van der Waals surface area contributed by atoms with E-state index < -0.39 is 0 Å². The minimum atomic E-state index is 0.781. The molecule has 4 rings (SSSR count). The van der Waals surface area contributed by atoms with E-state index in [1.54, 1.807) is 0 Å². The number of rotatable bonds is 3. The van der Waals surface area contributed by atoms with Crippen LogP contribution in [-0.2, 0) is 13.6 Å². The van der Waals surface area contributed by atoms with Crippen LogP contribution < -0.4 is 5.32 Å². The van der Waals surface area contributed by atoms with Crippen molar-refractivity contribution in [1.29, 1.82) is 0 Å². The third-order valence-corrected chi connectivity index (χ3v) is 6.10. The summed E-state index contributed by atoms with van der Waals surface area (Å²) in [6.07, 6.45) is 9.64. The first-order valence-corrected chi connectivity index (χ1v) is 7.95. The molecular weight excluding hydrogens is 234 g/mol. The SMILES string of the molecule is Cc1nn(C)cc1CNC1CC2CC1C1CCCC21. The van der Waals surface area contributed by atoms with Gasteiger partial charge >= 0.3 is 0 Å². The van der Waals surface area contributed by atoms with Crippen molar-refractivity contribution in [3.05, 3.63) is 17.5 Å². The molecule has 0 radical (unpaired) electrons. The average Bonchev–Trinajstić information content (AvgIpc) is 3.07. The Morgan fingerprint density at radius 2 is 2.11 bits per heavy atom. The van der Waals surface area contributed by atoms with Crippen molar-refractivity contribution in [3.63, 3.8) is 0 Å². The van der Waals surface area contributed by atoms with Gasteiger partial charge in [0, 0.05) is 31.4 Å². The van der Waals surface area contributed by atoms with E-state index in [1.165, 1.54) is 43.4 Å². The number of hydrogen-bond donors (Lipinski definition) is 1. The lowest BCUT2D eigenvalue weighted by Crippen LogP contribution is -2.38. The smallest absolute Gasteiger partial charge is 0.0638 e. The second-order valence-corrected chi connectivity index (χ2v) is 7.05. The Bertz CT molecular complexity index is 478. The minimum Gasteiger partial charge on any atom is -0.310 e. The Kier molecular flexibility index (Phi) is 2.73. The lowest BCUT2D eigenvalue weighted by molar-refractivity contribution is 0.208. The molecule has 0 spiro atoms. The number of aromatic nitrogens is 2. The molecule has 0 saturated heterocycles. The highest BCUT2D eigenvalue weighted by atomic mass is 15.3. The summed E-state index contributed by atoms with van der Waals surface area (Å²) < 4.78 is 1.93. The lowest BCUT2D eigenvalue weighted by atomic mass is 9.79. The fraction of sp³-hybridized carbons (Fsp3) is 0.812. The van der Waals surface area contributed by atoms with Gasteiger partial charge in [-0.2, -0.15) is 5.10 Å². The first-order chi connectivity index (χ1) is 9.22. The zero-order valence-corrected chi connectivity index (χ0v) is 12.1. The second kappa shape index (κ2) is 4.34. The molecule has 5 unspecified atom stereocenters. The molecule has 3 nitrogen and oxygen atoms in total. The highest BCUT2D eigenvalue weighted by molar-refractivity contribution is 5.15. The van der Waals surface area contributed by atoms with Crippen LogP contribution in [0.2, 0.25) is 0 Å². The van der Waals surface area contributed by atoms with Gasteiger partial charge in [-0.3, -0.25) is 4.68 Å². The van der Waals surface area contributed by atoms with Crippen LogP contribution in [0.3, 0.4) is 0 Å². The van der Waals surface area contributed by atoms with Gasteiger partial charge in [0.05, 0.1) is 5.69 Å². The summed E-state index contributed by atoms with van der Waals surface area (Å²) in [4.78, 5) is 0. The normalized spacial score (nSPS) is 40.0. The highest BCUT2D eigenvalue weighted by Gasteiger charge is 2.53. The van der Waals surface area contributed by atoms with Crippen molar-refractivity contribution in [1.82, 2.24) is 15.1 Å². The maximum Gasteiger partial charge on any atom is 0.0638 e. The van der Waals surface area contributed by atoms with Gasteiger partial charge in [0.25, 0.3) is 0 Å². The molecular formula is C16H25N3. The van der Waals surface area contributed by atoms with Gasteiger partial charge in [-0.25, -0.2) is 0 Å². The summed E-state index contributed by atoms with van der Waals surface area (Å²) in [7, 11) is 2.01. The van der Waals surface area contributed by atoms with Crippen molar-refractivity contribution in [2.75, 3.05) is 0 Å².